The predicted molar refractivity (Wildman–Crippen MR) is 76.5 cm³/mol. The van der Waals surface area contributed by atoms with E-state index in [4.69, 9.17) is 5.73 Å². The largest absolute Gasteiger partial charge is 0.398 e. The lowest BCUT2D eigenvalue weighted by atomic mass is 10.3. The van der Waals surface area contributed by atoms with Crippen LogP contribution in [0.5, 0.6) is 0 Å². The summed E-state index contributed by atoms with van der Waals surface area (Å²) in [7, 11) is 0. The number of nitrogens with two attached hydrogens (primary N) is 1. The number of halogens is 1. The van der Waals surface area contributed by atoms with E-state index in [0.717, 1.165) is 29.2 Å². The monoisotopic (exact) mass is 282 g/mol. The fraction of sp³-hybridized carbons (Fsp3) is 0.308. The zero-order chi connectivity index (χ0) is 13.0. The summed E-state index contributed by atoms with van der Waals surface area (Å²) in [5.74, 6) is 0.477. The van der Waals surface area contributed by atoms with Crippen molar-refractivity contribution in [3.8, 4) is 0 Å². The summed E-state index contributed by atoms with van der Waals surface area (Å²) in [6.45, 7) is 2.14. The standard InChI is InChI=1S/C13H15FN2S2/c1-2-3-13-16-10(8-18-13)7-17-12-6-9(14)4-5-11(12)15/h4-6,8H,2-3,7,15H2,1H3. The molecule has 18 heavy (non-hydrogen) atoms. The summed E-state index contributed by atoms with van der Waals surface area (Å²) in [5.41, 5.74) is 7.46. The van der Waals surface area contributed by atoms with Crippen LogP contribution in [0.4, 0.5) is 10.1 Å². The molecule has 0 radical (unpaired) electrons. The molecule has 0 aliphatic carbocycles. The molecular formula is C13H15FN2S2. The number of hydrogen-bond donors (Lipinski definition) is 1. The van der Waals surface area contributed by atoms with Crippen molar-refractivity contribution in [2.45, 2.75) is 30.4 Å². The first-order chi connectivity index (χ1) is 8.69. The number of thiazole rings is 1. The maximum Gasteiger partial charge on any atom is 0.124 e. The van der Waals surface area contributed by atoms with Crippen LogP contribution >= 0.6 is 23.1 Å². The Balaban J connectivity index is 1.99. The number of anilines is 1. The van der Waals surface area contributed by atoms with Crippen LogP contribution in [0.1, 0.15) is 24.0 Å². The zero-order valence-corrected chi connectivity index (χ0v) is 11.8. The summed E-state index contributed by atoms with van der Waals surface area (Å²) in [6.07, 6.45) is 2.13. The third-order valence-corrected chi connectivity index (χ3v) is 4.48. The summed E-state index contributed by atoms with van der Waals surface area (Å²) < 4.78 is 13.1. The van der Waals surface area contributed by atoms with Crippen LogP contribution in [-0.2, 0) is 12.2 Å². The number of aromatic nitrogens is 1. The Morgan fingerprint density at radius 1 is 1.44 bits per heavy atom. The number of nitrogens with zero attached hydrogens (tertiary/aromatic N) is 1. The number of aryl methyl sites for hydroxylation is 1. The topological polar surface area (TPSA) is 38.9 Å². The molecule has 0 amide bonds. The third-order valence-electron chi connectivity index (χ3n) is 2.41. The Morgan fingerprint density at radius 2 is 2.28 bits per heavy atom. The number of rotatable bonds is 5. The normalized spacial score (nSPS) is 10.8. The maximum atomic E-state index is 13.1. The van der Waals surface area contributed by atoms with Gasteiger partial charge < -0.3 is 5.73 Å². The second-order valence-electron chi connectivity index (χ2n) is 3.95. The minimum absolute atomic E-state index is 0.253. The van der Waals surface area contributed by atoms with E-state index in [-0.39, 0.29) is 5.82 Å². The summed E-state index contributed by atoms with van der Waals surface area (Å²) in [5, 5.41) is 3.23. The van der Waals surface area contributed by atoms with Gasteiger partial charge in [0.2, 0.25) is 0 Å². The maximum absolute atomic E-state index is 13.1. The fourth-order valence-corrected chi connectivity index (χ4v) is 3.42. The Bertz CT molecular complexity index is 525. The Morgan fingerprint density at radius 3 is 3.06 bits per heavy atom. The van der Waals surface area contributed by atoms with Crippen LogP contribution in [0.25, 0.3) is 0 Å². The highest BCUT2D eigenvalue weighted by atomic mass is 32.2. The van der Waals surface area contributed by atoms with Crippen LogP contribution in [0.2, 0.25) is 0 Å². The zero-order valence-electron chi connectivity index (χ0n) is 10.1. The molecule has 1 heterocycles. The third kappa shape index (κ3) is 3.46. The SMILES string of the molecule is CCCc1nc(CSc2cc(F)ccc2N)cs1. The molecule has 0 atom stereocenters. The first kappa shape index (κ1) is 13.4. The van der Waals surface area contributed by atoms with Crippen molar-refractivity contribution in [1.29, 1.82) is 0 Å². The van der Waals surface area contributed by atoms with Gasteiger partial charge in [-0.3, -0.25) is 0 Å². The van der Waals surface area contributed by atoms with Crippen LogP contribution < -0.4 is 5.73 Å². The van der Waals surface area contributed by atoms with E-state index >= 15 is 0 Å². The number of nitrogen functional groups attached to an aromatic ring is 1. The molecule has 5 heteroatoms. The van der Waals surface area contributed by atoms with Crippen molar-refractivity contribution < 1.29 is 4.39 Å². The van der Waals surface area contributed by atoms with Gasteiger partial charge in [-0.25, -0.2) is 9.37 Å². The first-order valence-corrected chi connectivity index (χ1v) is 7.66. The molecule has 0 unspecified atom stereocenters. The van der Waals surface area contributed by atoms with E-state index in [1.165, 1.54) is 28.9 Å². The Kier molecular flexibility index (Phi) is 4.60. The van der Waals surface area contributed by atoms with Crippen LogP contribution in [0.3, 0.4) is 0 Å². The highest BCUT2D eigenvalue weighted by Crippen LogP contribution is 2.29. The van der Waals surface area contributed by atoms with Gasteiger partial charge in [-0.05, 0) is 31.0 Å². The van der Waals surface area contributed by atoms with Crippen LogP contribution in [-0.4, -0.2) is 4.98 Å². The van der Waals surface area contributed by atoms with E-state index in [9.17, 15) is 4.39 Å². The molecule has 2 aromatic rings. The van der Waals surface area contributed by atoms with Gasteiger partial charge in [0, 0.05) is 21.7 Å². The Hall–Kier alpha value is -1.07. The molecule has 1 aromatic heterocycles. The molecule has 0 fully saturated rings. The second kappa shape index (κ2) is 6.20. The van der Waals surface area contributed by atoms with E-state index in [2.05, 4.69) is 17.3 Å². The van der Waals surface area contributed by atoms with Crippen LogP contribution in [0, 0.1) is 5.82 Å². The van der Waals surface area contributed by atoms with Gasteiger partial charge in [-0.2, -0.15) is 0 Å². The number of hydrogen-bond acceptors (Lipinski definition) is 4. The number of thioether (sulfide) groups is 1. The van der Waals surface area contributed by atoms with Crippen molar-refractivity contribution in [1.82, 2.24) is 4.98 Å². The Labute approximate surface area is 114 Å². The molecule has 0 saturated heterocycles. The average molecular weight is 282 g/mol. The van der Waals surface area contributed by atoms with Crippen molar-refractivity contribution in [2.75, 3.05) is 5.73 Å². The summed E-state index contributed by atoms with van der Waals surface area (Å²) >= 11 is 3.21. The van der Waals surface area contributed by atoms with E-state index in [1.807, 2.05) is 0 Å². The first-order valence-electron chi connectivity index (χ1n) is 5.80. The lowest BCUT2D eigenvalue weighted by molar-refractivity contribution is 0.624. The highest BCUT2D eigenvalue weighted by Gasteiger charge is 2.05. The lowest BCUT2D eigenvalue weighted by Crippen LogP contribution is -1.90. The second-order valence-corrected chi connectivity index (χ2v) is 5.91. The quantitative estimate of drug-likeness (QED) is 0.662. The van der Waals surface area contributed by atoms with Crippen molar-refractivity contribution in [3.63, 3.8) is 0 Å². The molecule has 0 saturated carbocycles. The minimum Gasteiger partial charge on any atom is -0.398 e. The van der Waals surface area contributed by atoms with Crippen molar-refractivity contribution in [2.24, 2.45) is 0 Å². The van der Waals surface area contributed by atoms with E-state index in [0.29, 0.717) is 5.69 Å². The summed E-state index contributed by atoms with van der Waals surface area (Å²) in [4.78, 5) is 5.31. The van der Waals surface area contributed by atoms with E-state index in [1.54, 1.807) is 17.4 Å². The molecule has 0 aliphatic heterocycles. The smallest absolute Gasteiger partial charge is 0.124 e. The lowest BCUT2D eigenvalue weighted by Gasteiger charge is -2.03. The van der Waals surface area contributed by atoms with Gasteiger partial charge in [0.05, 0.1) is 10.7 Å². The molecule has 2 nitrogen and oxygen atoms in total. The van der Waals surface area contributed by atoms with Crippen molar-refractivity contribution in [3.05, 3.63) is 40.1 Å². The van der Waals surface area contributed by atoms with Gasteiger partial charge >= 0.3 is 0 Å². The summed E-state index contributed by atoms with van der Waals surface area (Å²) in [6, 6.07) is 4.45. The predicted octanol–water partition coefficient (Wildman–Crippen LogP) is 4.11. The molecule has 0 bridgehead atoms. The van der Waals surface area contributed by atoms with Gasteiger partial charge in [0.1, 0.15) is 5.82 Å². The minimum atomic E-state index is -0.253. The van der Waals surface area contributed by atoms with Gasteiger partial charge in [0.15, 0.2) is 0 Å². The fourth-order valence-electron chi connectivity index (χ4n) is 1.53. The molecule has 0 aliphatic rings. The molecular weight excluding hydrogens is 267 g/mol. The van der Waals surface area contributed by atoms with Gasteiger partial charge in [-0.1, -0.05) is 6.92 Å². The van der Waals surface area contributed by atoms with Crippen LogP contribution in [0.15, 0.2) is 28.5 Å². The number of benzene rings is 1. The molecule has 2 N–H and O–H groups in total. The van der Waals surface area contributed by atoms with Gasteiger partial charge in [-0.15, -0.1) is 23.1 Å². The molecule has 96 valence electrons. The molecule has 1 aromatic carbocycles. The van der Waals surface area contributed by atoms with Gasteiger partial charge in [0.25, 0.3) is 0 Å². The average Bonchev–Trinajstić information content (AvgIpc) is 2.79. The van der Waals surface area contributed by atoms with Crippen molar-refractivity contribution >= 4 is 28.8 Å². The molecule has 2 rings (SSSR count). The molecule has 0 spiro atoms. The van der Waals surface area contributed by atoms with E-state index < -0.39 is 0 Å². The highest BCUT2D eigenvalue weighted by molar-refractivity contribution is 7.98.